The summed E-state index contributed by atoms with van der Waals surface area (Å²) < 4.78 is 0. The minimum atomic E-state index is 0.443. The molecule has 1 aliphatic heterocycles. The molecule has 2 heterocycles. The zero-order valence-corrected chi connectivity index (χ0v) is 12.2. The number of aromatic nitrogens is 2. The van der Waals surface area contributed by atoms with E-state index in [0.29, 0.717) is 6.54 Å². The minimum Gasteiger partial charge on any atom is -0.353 e. The second-order valence-corrected chi connectivity index (χ2v) is 5.34. The van der Waals surface area contributed by atoms with E-state index in [1.807, 2.05) is 12.1 Å². The van der Waals surface area contributed by atoms with Crippen molar-refractivity contribution in [1.29, 1.82) is 0 Å². The van der Waals surface area contributed by atoms with Crippen LogP contribution < -0.4 is 10.6 Å². The summed E-state index contributed by atoms with van der Waals surface area (Å²) in [6.07, 6.45) is 0. The lowest BCUT2D eigenvalue weighted by Crippen LogP contribution is -2.46. The first-order chi connectivity index (χ1) is 10.3. The van der Waals surface area contributed by atoms with Crippen LogP contribution in [0.4, 0.5) is 5.82 Å². The third-order valence-corrected chi connectivity index (χ3v) is 3.86. The Morgan fingerprint density at radius 1 is 0.905 bits per heavy atom. The standard InChI is InChI=1S/C16H21N5/c17-12-15-6-7-16(19-18-15)21-10-8-20(9-11-21)13-14-4-2-1-3-5-14/h1-7H,8-13,17H2. The lowest BCUT2D eigenvalue weighted by atomic mass is 10.2. The normalized spacial score (nSPS) is 16.1. The number of nitrogens with two attached hydrogens (primary N) is 1. The van der Waals surface area contributed by atoms with Crippen LogP contribution in [0.2, 0.25) is 0 Å². The molecule has 1 aromatic heterocycles. The lowest BCUT2D eigenvalue weighted by Gasteiger charge is -2.35. The highest BCUT2D eigenvalue weighted by Gasteiger charge is 2.18. The monoisotopic (exact) mass is 283 g/mol. The van der Waals surface area contributed by atoms with Crippen LogP contribution in [0.1, 0.15) is 11.3 Å². The molecular weight excluding hydrogens is 262 g/mol. The number of anilines is 1. The first-order valence-corrected chi connectivity index (χ1v) is 7.39. The maximum atomic E-state index is 5.55. The van der Waals surface area contributed by atoms with Gasteiger partial charge in [-0.2, -0.15) is 5.10 Å². The van der Waals surface area contributed by atoms with Crippen LogP contribution in [-0.2, 0) is 13.1 Å². The molecule has 0 spiro atoms. The number of nitrogens with zero attached hydrogens (tertiary/aromatic N) is 4. The average Bonchev–Trinajstić information content (AvgIpc) is 2.57. The highest BCUT2D eigenvalue weighted by molar-refractivity contribution is 5.38. The zero-order valence-electron chi connectivity index (χ0n) is 12.2. The Hall–Kier alpha value is -1.98. The molecule has 1 aromatic carbocycles. The largest absolute Gasteiger partial charge is 0.353 e. The summed E-state index contributed by atoms with van der Waals surface area (Å²) in [4.78, 5) is 4.77. The maximum Gasteiger partial charge on any atom is 0.151 e. The fraction of sp³-hybridized carbons (Fsp3) is 0.375. The van der Waals surface area contributed by atoms with Crippen molar-refractivity contribution in [2.75, 3.05) is 31.1 Å². The van der Waals surface area contributed by atoms with Gasteiger partial charge in [0.1, 0.15) is 0 Å². The Labute approximate surface area is 125 Å². The van der Waals surface area contributed by atoms with E-state index in [0.717, 1.165) is 44.2 Å². The predicted molar refractivity (Wildman–Crippen MR) is 83.9 cm³/mol. The van der Waals surface area contributed by atoms with Crippen molar-refractivity contribution < 1.29 is 0 Å². The number of hydrogen-bond donors (Lipinski definition) is 1. The van der Waals surface area contributed by atoms with E-state index >= 15 is 0 Å². The van der Waals surface area contributed by atoms with E-state index in [4.69, 9.17) is 5.73 Å². The maximum absolute atomic E-state index is 5.55. The van der Waals surface area contributed by atoms with E-state index in [9.17, 15) is 0 Å². The summed E-state index contributed by atoms with van der Waals surface area (Å²) in [5, 5.41) is 8.39. The van der Waals surface area contributed by atoms with Crippen molar-refractivity contribution in [3.8, 4) is 0 Å². The molecule has 3 rings (SSSR count). The second kappa shape index (κ2) is 6.65. The Morgan fingerprint density at radius 3 is 2.29 bits per heavy atom. The van der Waals surface area contributed by atoms with Gasteiger partial charge in [0, 0.05) is 39.3 Å². The van der Waals surface area contributed by atoms with Gasteiger partial charge in [-0.3, -0.25) is 4.90 Å². The van der Waals surface area contributed by atoms with Gasteiger partial charge in [0.2, 0.25) is 0 Å². The van der Waals surface area contributed by atoms with Crippen molar-refractivity contribution in [1.82, 2.24) is 15.1 Å². The summed E-state index contributed by atoms with van der Waals surface area (Å²) in [5.74, 6) is 0.951. The van der Waals surface area contributed by atoms with E-state index < -0.39 is 0 Å². The van der Waals surface area contributed by atoms with E-state index in [1.165, 1.54) is 5.56 Å². The van der Waals surface area contributed by atoms with Gasteiger partial charge in [-0.25, -0.2) is 0 Å². The molecule has 0 radical (unpaired) electrons. The smallest absolute Gasteiger partial charge is 0.151 e. The highest BCUT2D eigenvalue weighted by Crippen LogP contribution is 2.14. The average molecular weight is 283 g/mol. The summed E-state index contributed by atoms with van der Waals surface area (Å²) >= 11 is 0. The van der Waals surface area contributed by atoms with Crippen LogP contribution in [0.25, 0.3) is 0 Å². The van der Waals surface area contributed by atoms with Gasteiger partial charge in [0.25, 0.3) is 0 Å². The molecule has 0 aliphatic carbocycles. The molecule has 2 N–H and O–H groups in total. The van der Waals surface area contributed by atoms with E-state index in [-0.39, 0.29) is 0 Å². The molecule has 1 saturated heterocycles. The van der Waals surface area contributed by atoms with Gasteiger partial charge in [-0.05, 0) is 17.7 Å². The van der Waals surface area contributed by atoms with Crippen molar-refractivity contribution in [2.24, 2.45) is 5.73 Å². The lowest BCUT2D eigenvalue weighted by molar-refractivity contribution is 0.249. The summed E-state index contributed by atoms with van der Waals surface area (Å²) in [5.41, 5.74) is 7.75. The molecule has 2 aromatic rings. The van der Waals surface area contributed by atoms with Crippen LogP contribution in [0.5, 0.6) is 0 Å². The number of hydrogen-bond acceptors (Lipinski definition) is 5. The molecule has 1 aliphatic rings. The van der Waals surface area contributed by atoms with Gasteiger partial charge in [-0.15, -0.1) is 5.10 Å². The molecule has 0 unspecified atom stereocenters. The van der Waals surface area contributed by atoms with Gasteiger partial charge >= 0.3 is 0 Å². The molecular formula is C16H21N5. The van der Waals surface area contributed by atoms with Crippen LogP contribution in [0, 0.1) is 0 Å². The van der Waals surface area contributed by atoms with E-state index in [2.05, 4.69) is 50.3 Å². The molecule has 21 heavy (non-hydrogen) atoms. The summed E-state index contributed by atoms with van der Waals surface area (Å²) in [7, 11) is 0. The summed E-state index contributed by atoms with van der Waals surface area (Å²) in [6.45, 7) is 5.54. The fourth-order valence-electron chi connectivity index (χ4n) is 2.61. The molecule has 5 nitrogen and oxygen atoms in total. The first-order valence-electron chi connectivity index (χ1n) is 7.39. The van der Waals surface area contributed by atoms with Crippen LogP contribution in [0.3, 0.4) is 0 Å². The Balaban J connectivity index is 1.54. The van der Waals surface area contributed by atoms with E-state index in [1.54, 1.807) is 0 Å². The predicted octanol–water partition coefficient (Wildman–Crippen LogP) is 1.26. The Bertz CT molecular complexity index is 547. The van der Waals surface area contributed by atoms with Crippen molar-refractivity contribution >= 4 is 5.82 Å². The topological polar surface area (TPSA) is 58.3 Å². The van der Waals surface area contributed by atoms with Gasteiger partial charge in [0.15, 0.2) is 5.82 Å². The molecule has 0 atom stereocenters. The van der Waals surface area contributed by atoms with Crippen LogP contribution in [0.15, 0.2) is 42.5 Å². The van der Waals surface area contributed by atoms with Gasteiger partial charge < -0.3 is 10.6 Å². The highest BCUT2D eigenvalue weighted by atomic mass is 15.3. The SMILES string of the molecule is NCc1ccc(N2CCN(Cc3ccccc3)CC2)nn1. The third kappa shape index (κ3) is 3.56. The Morgan fingerprint density at radius 2 is 1.67 bits per heavy atom. The fourth-order valence-corrected chi connectivity index (χ4v) is 2.61. The third-order valence-electron chi connectivity index (χ3n) is 3.86. The molecule has 5 heteroatoms. The molecule has 110 valence electrons. The quantitative estimate of drug-likeness (QED) is 0.915. The second-order valence-electron chi connectivity index (χ2n) is 5.34. The first kappa shape index (κ1) is 14.0. The van der Waals surface area contributed by atoms with Crippen molar-refractivity contribution in [3.05, 3.63) is 53.7 Å². The molecule has 0 saturated carbocycles. The van der Waals surface area contributed by atoms with Crippen molar-refractivity contribution in [3.63, 3.8) is 0 Å². The molecule has 0 amide bonds. The molecule has 0 bridgehead atoms. The Kier molecular flexibility index (Phi) is 4.43. The van der Waals surface area contributed by atoms with Gasteiger partial charge in [0.05, 0.1) is 5.69 Å². The zero-order chi connectivity index (χ0) is 14.5. The number of rotatable bonds is 4. The number of benzene rings is 1. The van der Waals surface area contributed by atoms with Crippen molar-refractivity contribution in [2.45, 2.75) is 13.1 Å². The van der Waals surface area contributed by atoms with Crippen LogP contribution in [-0.4, -0.2) is 41.3 Å². The summed E-state index contributed by atoms with van der Waals surface area (Å²) in [6, 6.07) is 14.6. The van der Waals surface area contributed by atoms with Crippen LogP contribution >= 0.6 is 0 Å². The minimum absolute atomic E-state index is 0.443. The number of piperazine rings is 1. The molecule has 1 fully saturated rings. The van der Waals surface area contributed by atoms with Gasteiger partial charge in [-0.1, -0.05) is 30.3 Å².